The third-order valence-electron chi connectivity index (χ3n) is 4.09. The number of aromatic nitrogens is 2. The quantitative estimate of drug-likeness (QED) is 0.826. The van der Waals surface area contributed by atoms with Gasteiger partial charge >= 0.3 is 5.92 Å². The minimum Gasteiger partial charge on any atom is -0.351 e. The molecule has 3 rings (SSSR count). The molecule has 2 aliphatic rings. The second kappa shape index (κ2) is 6.29. The molecule has 1 saturated heterocycles. The fourth-order valence-electron chi connectivity index (χ4n) is 2.62. The lowest BCUT2D eigenvalue weighted by Crippen LogP contribution is -2.49. The van der Waals surface area contributed by atoms with E-state index < -0.39 is 29.8 Å². The second-order valence-corrected chi connectivity index (χ2v) is 6.18. The number of carbonyl (C=O) groups is 2. The molecule has 1 aromatic rings. The van der Waals surface area contributed by atoms with Crippen LogP contribution >= 0.6 is 0 Å². The number of H-pyrrole nitrogens is 1. The Hall–Kier alpha value is -2.32. The predicted molar refractivity (Wildman–Crippen MR) is 79.9 cm³/mol. The summed E-state index contributed by atoms with van der Waals surface area (Å²) < 4.78 is 27.9. The molecule has 7 nitrogen and oxygen atoms in total. The van der Waals surface area contributed by atoms with Gasteiger partial charge in [-0.2, -0.15) is 8.78 Å². The Morgan fingerprint density at radius 2 is 2.04 bits per heavy atom. The van der Waals surface area contributed by atoms with Gasteiger partial charge in [0.05, 0.1) is 6.54 Å². The van der Waals surface area contributed by atoms with Gasteiger partial charge in [-0.15, -0.1) is 0 Å². The summed E-state index contributed by atoms with van der Waals surface area (Å²) in [6, 6.07) is 1.01. The minimum absolute atomic E-state index is 0.0800. The highest BCUT2D eigenvalue weighted by Crippen LogP contribution is 2.37. The van der Waals surface area contributed by atoms with Gasteiger partial charge in [0.1, 0.15) is 11.5 Å². The highest BCUT2D eigenvalue weighted by atomic mass is 19.3. The first-order chi connectivity index (χ1) is 11.4. The molecule has 0 bridgehead atoms. The van der Waals surface area contributed by atoms with Gasteiger partial charge in [-0.05, 0) is 25.7 Å². The fraction of sp³-hybridized carbons (Fsp3) is 0.600. The molecule has 2 amide bonds. The maximum Gasteiger partial charge on any atom is 0.341 e. The zero-order valence-corrected chi connectivity index (χ0v) is 13.0. The van der Waals surface area contributed by atoms with E-state index in [9.17, 15) is 23.2 Å². The van der Waals surface area contributed by atoms with Gasteiger partial charge in [-0.1, -0.05) is 0 Å². The summed E-state index contributed by atoms with van der Waals surface area (Å²) in [4.78, 5) is 43.4. The number of nitrogens with one attached hydrogen (secondary N) is 2. The number of halogens is 2. The van der Waals surface area contributed by atoms with Crippen molar-refractivity contribution in [3.05, 3.63) is 27.9 Å². The van der Waals surface area contributed by atoms with Crippen molar-refractivity contribution in [2.45, 2.75) is 37.5 Å². The van der Waals surface area contributed by atoms with E-state index in [1.54, 1.807) is 0 Å². The first-order valence-electron chi connectivity index (χ1n) is 7.93. The SMILES string of the molecule is O=C(c1cc(=O)[nH]c(C2CC2)n1)N1CCCCNC(=O)C(F)(F)C1. The molecule has 1 aliphatic carbocycles. The number of nitrogens with zero attached hydrogens (tertiary/aromatic N) is 2. The predicted octanol–water partition coefficient (Wildman–Crippen LogP) is 0.635. The summed E-state index contributed by atoms with van der Waals surface area (Å²) in [7, 11) is 0. The van der Waals surface area contributed by atoms with Crippen molar-refractivity contribution in [2.75, 3.05) is 19.6 Å². The average molecular weight is 340 g/mol. The molecule has 24 heavy (non-hydrogen) atoms. The van der Waals surface area contributed by atoms with E-state index in [0.29, 0.717) is 18.7 Å². The van der Waals surface area contributed by atoms with Crippen molar-refractivity contribution in [2.24, 2.45) is 0 Å². The van der Waals surface area contributed by atoms with Crippen LogP contribution in [0.2, 0.25) is 0 Å². The molecule has 1 aromatic heterocycles. The highest BCUT2D eigenvalue weighted by Gasteiger charge is 2.42. The smallest absolute Gasteiger partial charge is 0.341 e. The van der Waals surface area contributed by atoms with Gasteiger partial charge in [0, 0.05) is 25.1 Å². The van der Waals surface area contributed by atoms with Crippen LogP contribution in [0.3, 0.4) is 0 Å². The maximum atomic E-state index is 13.9. The van der Waals surface area contributed by atoms with Crippen LogP contribution < -0.4 is 10.9 Å². The number of rotatable bonds is 2. The Kier molecular flexibility index (Phi) is 4.33. The summed E-state index contributed by atoms with van der Waals surface area (Å²) >= 11 is 0. The lowest BCUT2D eigenvalue weighted by atomic mass is 10.2. The van der Waals surface area contributed by atoms with Crippen molar-refractivity contribution >= 4 is 11.8 Å². The molecule has 1 saturated carbocycles. The van der Waals surface area contributed by atoms with Gasteiger partial charge in [0.25, 0.3) is 17.4 Å². The molecule has 9 heteroatoms. The molecule has 2 N–H and O–H groups in total. The van der Waals surface area contributed by atoms with Crippen molar-refractivity contribution < 1.29 is 18.4 Å². The fourth-order valence-corrected chi connectivity index (χ4v) is 2.62. The van der Waals surface area contributed by atoms with E-state index in [-0.39, 0.29) is 24.7 Å². The van der Waals surface area contributed by atoms with Crippen LogP contribution in [0.1, 0.15) is 47.9 Å². The normalized spacial score (nSPS) is 21.4. The largest absolute Gasteiger partial charge is 0.351 e. The van der Waals surface area contributed by atoms with Crippen LogP contribution in [0, 0.1) is 0 Å². The number of aromatic amines is 1. The zero-order chi connectivity index (χ0) is 17.3. The number of hydrogen-bond donors (Lipinski definition) is 2. The van der Waals surface area contributed by atoms with E-state index in [1.807, 2.05) is 0 Å². The first kappa shape index (κ1) is 16.5. The molecule has 0 unspecified atom stereocenters. The minimum atomic E-state index is -3.68. The molecule has 0 aromatic carbocycles. The third-order valence-corrected chi connectivity index (χ3v) is 4.09. The van der Waals surface area contributed by atoms with Crippen LogP contribution in [0.15, 0.2) is 10.9 Å². The van der Waals surface area contributed by atoms with Gasteiger partial charge < -0.3 is 15.2 Å². The zero-order valence-electron chi connectivity index (χ0n) is 13.0. The van der Waals surface area contributed by atoms with Gasteiger partial charge in [0.15, 0.2) is 0 Å². The van der Waals surface area contributed by atoms with Crippen LogP contribution in [0.5, 0.6) is 0 Å². The van der Waals surface area contributed by atoms with Crippen molar-refractivity contribution in [3.8, 4) is 0 Å². The summed E-state index contributed by atoms with van der Waals surface area (Å²) in [5, 5.41) is 2.16. The van der Waals surface area contributed by atoms with Crippen LogP contribution in [0.25, 0.3) is 0 Å². The van der Waals surface area contributed by atoms with Crippen LogP contribution in [-0.2, 0) is 4.79 Å². The van der Waals surface area contributed by atoms with Gasteiger partial charge in [-0.25, -0.2) is 4.98 Å². The molecule has 2 fully saturated rings. The second-order valence-electron chi connectivity index (χ2n) is 6.18. The Bertz CT molecular complexity index is 715. The van der Waals surface area contributed by atoms with E-state index in [4.69, 9.17) is 0 Å². The molecular weight excluding hydrogens is 322 g/mol. The third kappa shape index (κ3) is 3.60. The van der Waals surface area contributed by atoms with Crippen molar-refractivity contribution in [3.63, 3.8) is 0 Å². The molecule has 130 valence electrons. The Balaban J connectivity index is 1.86. The van der Waals surface area contributed by atoms with Gasteiger partial charge in [0.2, 0.25) is 0 Å². The molecule has 1 aliphatic heterocycles. The Morgan fingerprint density at radius 3 is 2.75 bits per heavy atom. The van der Waals surface area contributed by atoms with Crippen molar-refractivity contribution in [1.82, 2.24) is 20.2 Å². The Morgan fingerprint density at radius 1 is 1.29 bits per heavy atom. The number of alkyl halides is 2. The molecule has 0 atom stereocenters. The monoisotopic (exact) mass is 340 g/mol. The number of amides is 2. The molecule has 2 heterocycles. The molecular formula is C15H18F2N4O3. The lowest BCUT2D eigenvalue weighted by Gasteiger charge is -2.25. The first-order valence-corrected chi connectivity index (χ1v) is 7.93. The summed E-state index contributed by atoms with van der Waals surface area (Å²) in [6.07, 6.45) is 2.72. The van der Waals surface area contributed by atoms with E-state index >= 15 is 0 Å². The lowest BCUT2D eigenvalue weighted by molar-refractivity contribution is -0.146. The summed E-state index contributed by atoms with van der Waals surface area (Å²) in [5.74, 6) is -5.29. The van der Waals surface area contributed by atoms with Crippen LogP contribution in [-0.4, -0.2) is 52.2 Å². The average Bonchev–Trinajstić information content (AvgIpc) is 3.35. The van der Waals surface area contributed by atoms with Crippen LogP contribution in [0.4, 0.5) is 8.78 Å². The summed E-state index contributed by atoms with van der Waals surface area (Å²) in [6.45, 7) is -0.799. The number of hydrogen-bond acceptors (Lipinski definition) is 4. The molecule has 0 spiro atoms. The number of carbonyl (C=O) groups excluding carboxylic acids is 2. The van der Waals surface area contributed by atoms with Crippen molar-refractivity contribution in [1.29, 1.82) is 0 Å². The highest BCUT2D eigenvalue weighted by molar-refractivity contribution is 5.93. The van der Waals surface area contributed by atoms with E-state index in [2.05, 4.69) is 15.3 Å². The molecule has 0 radical (unpaired) electrons. The standard InChI is InChI=1S/C15H18F2N4O3/c16-15(17)8-21(6-2-1-5-18-14(15)24)13(23)10-7-11(22)20-12(19-10)9-3-4-9/h7,9H,1-6,8H2,(H,18,24)(H,19,20,22). The summed E-state index contributed by atoms with van der Waals surface area (Å²) in [5.41, 5.74) is -0.639. The van der Waals surface area contributed by atoms with Gasteiger partial charge in [-0.3, -0.25) is 14.4 Å². The van der Waals surface area contributed by atoms with E-state index in [0.717, 1.165) is 23.8 Å². The maximum absolute atomic E-state index is 13.9. The van der Waals surface area contributed by atoms with E-state index in [1.165, 1.54) is 0 Å². The Labute approximate surface area is 136 Å². The topological polar surface area (TPSA) is 95.2 Å².